The van der Waals surface area contributed by atoms with Crippen LogP contribution in [0, 0.1) is 0 Å². The topological polar surface area (TPSA) is 126 Å². The first-order valence-corrected chi connectivity index (χ1v) is 12.9. The molecule has 3 amide bonds. The van der Waals surface area contributed by atoms with Crippen LogP contribution >= 0.6 is 11.8 Å². The molecule has 2 aromatic carbocycles. The van der Waals surface area contributed by atoms with Crippen molar-refractivity contribution in [1.29, 1.82) is 0 Å². The van der Waals surface area contributed by atoms with E-state index in [0.717, 1.165) is 23.1 Å². The third-order valence-corrected chi connectivity index (χ3v) is 6.89. The molecule has 0 radical (unpaired) electrons. The minimum atomic E-state index is -0.884. The maximum atomic E-state index is 13.4. The number of methoxy groups -OCH3 is 1. The molecule has 5 rings (SSSR count). The fourth-order valence-electron chi connectivity index (χ4n) is 4.00. The average molecular weight is 532 g/mol. The zero-order valence-corrected chi connectivity index (χ0v) is 21.4. The first-order valence-electron chi connectivity index (χ1n) is 11.9. The third-order valence-electron chi connectivity index (χ3n) is 5.95. The monoisotopic (exact) mass is 531 g/mol. The van der Waals surface area contributed by atoms with Crippen LogP contribution in [0.4, 0.5) is 5.69 Å². The molecule has 10 nitrogen and oxygen atoms in total. The van der Waals surface area contributed by atoms with Crippen LogP contribution < -0.4 is 15.4 Å². The summed E-state index contributed by atoms with van der Waals surface area (Å²) in [5.41, 5.74) is 2.26. The second kappa shape index (κ2) is 11.3. The van der Waals surface area contributed by atoms with E-state index < -0.39 is 6.04 Å². The zero-order chi connectivity index (χ0) is 26.5. The molecule has 0 unspecified atom stereocenters. The SMILES string of the molecule is COc1ccc(CNC(=O)C[C@H]2N=C3c4ccccc4N=C(SCC(=O)NCc4ccco4)N3C2=O)cc1. The standard InChI is InChI=1S/C27H25N5O5S/c1-36-18-10-8-17(9-11-18)14-28-23(33)13-22-26(35)32-25(30-22)20-6-2-3-7-21(20)31-27(32)38-16-24(34)29-15-19-5-4-12-37-19/h2-12,22H,13-16H2,1H3,(H,28,33)(H,29,34)/t22-/m1/s1. The third kappa shape index (κ3) is 5.62. The van der Waals surface area contributed by atoms with Crippen LogP contribution in [0.15, 0.2) is 81.3 Å². The lowest BCUT2D eigenvalue weighted by Crippen LogP contribution is -2.42. The molecule has 0 aliphatic carbocycles. The number of thioether (sulfide) groups is 1. The number of hydrogen-bond acceptors (Lipinski definition) is 8. The predicted octanol–water partition coefficient (Wildman–Crippen LogP) is 3.00. The maximum Gasteiger partial charge on any atom is 0.259 e. The van der Waals surface area contributed by atoms with Crippen LogP contribution in [0.5, 0.6) is 5.75 Å². The first kappa shape index (κ1) is 25.3. The van der Waals surface area contributed by atoms with Gasteiger partial charge in [-0.05, 0) is 42.0 Å². The van der Waals surface area contributed by atoms with Crippen molar-refractivity contribution < 1.29 is 23.5 Å². The molecule has 2 aliphatic rings. The van der Waals surface area contributed by atoms with E-state index in [1.165, 1.54) is 4.90 Å². The van der Waals surface area contributed by atoms with Crippen LogP contribution in [0.2, 0.25) is 0 Å². The molecule has 1 atom stereocenters. The highest BCUT2D eigenvalue weighted by Gasteiger charge is 2.42. The summed E-state index contributed by atoms with van der Waals surface area (Å²) in [6, 6.07) is 17.3. The largest absolute Gasteiger partial charge is 0.497 e. The van der Waals surface area contributed by atoms with Crippen molar-refractivity contribution in [2.75, 3.05) is 12.9 Å². The molecule has 0 saturated carbocycles. The lowest BCUT2D eigenvalue weighted by Gasteiger charge is -2.25. The molecule has 11 heteroatoms. The van der Waals surface area contributed by atoms with E-state index in [2.05, 4.69) is 20.6 Å². The summed E-state index contributed by atoms with van der Waals surface area (Å²) in [5, 5.41) is 5.98. The molecule has 2 N–H and O–H groups in total. The van der Waals surface area contributed by atoms with Crippen molar-refractivity contribution in [3.05, 3.63) is 83.8 Å². The van der Waals surface area contributed by atoms with E-state index in [1.54, 1.807) is 25.5 Å². The summed E-state index contributed by atoms with van der Waals surface area (Å²) >= 11 is 1.14. The Bertz CT molecular complexity index is 1400. The fraction of sp³-hybridized carbons (Fsp3) is 0.222. The van der Waals surface area contributed by atoms with Crippen molar-refractivity contribution >= 4 is 46.2 Å². The number of fused-ring (bicyclic) bond motifs is 3. The summed E-state index contributed by atoms with van der Waals surface area (Å²) in [4.78, 5) is 49.1. The summed E-state index contributed by atoms with van der Waals surface area (Å²) in [7, 11) is 1.59. The lowest BCUT2D eigenvalue weighted by molar-refractivity contribution is -0.128. The van der Waals surface area contributed by atoms with Crippen molar-refractivity contribution in [3.63, 3.8) is 0 Å². The van der Waals surface area contributed by atoms with Crippen LogP contribution in [0.1, 0.15) is 23.3 Å². The number of carbonyl (C=O) groups is 3. The number of benzene rings is 2. The Morgan fingerprint density at radius 1 is 1.03 bits per heavy atom. The van der Waals surface area contributed by atoms with E-state index in [4.69, 9.17) is 9.15 Å². The molecule has 1 aromatic heterocycles. The molecule has 2 aliphatic heterocycles. The number of hydrogen-bond donors (Lipinski definition) is 2. The smallest absolute Gasteiger partial charge is 0.259 e. The normalized spacial score (nSPS) is 15.8. The molecule has 38 heavy (non-hydrogen) atoms. The Morgan fingerprint density at radius 3 is 2.58 bits per heavy atom. The highest BCUT2D eigenvalue weighted by atomic mass is 32.2. The van der Waals surface area contributed by atoms with Crippen LogP contribution in [0.25, 0.3) is 0 Å². The van der Waals surface area contributed by atoms with Gasteiger partial charge in [0.1, 0.15) is 23.4 Å². The predicted molar refractivity (Wildman–Crippen MR) is 143 cm³/mol. The quantitative estimate of drug-likeness (QED) is 0.437. The van der Waals surface area contributed by atoms with Gasteiger partial charge in [0.2, 0.25) is 11.8 Å². The van der Waals surface area contributed by atoms with E-state index in [-0.39, 0.29) is 36.4 Å². The Kier molecular flexibility index (Phi) is 7.55. The number of nitrogens with one attached hydrogen (secondary N) is 2. The first-order chi connectivity index (χ1) is 18.5. The Morgan fingerprint density at radius 2 is 1.82 bits per heavy atom. The number of para-hydroxylation sites is 1. The van der Waals surface area contributed by atoms with Gasteiger partial charge in [0.25, 0.3) is 5.91 Å². The number of carbonyl (C=O) groups excluding carboxylic acids is 3. The molecule has 0 bridgehead atoms. The van der Waals surface area contributed by atoms with Crippen molar-refractivity contribution in [2.45, 2.75) is 25.6 Å². The summed E-state index contributed by atoms with van der Waals surface area (Å²) < 4.78 is 10.4. The fourth-order valence-corrected chi connectivity index (χ4v) is 4.83. The van der Waals surface area contributed by atoms with Crippen molar-refractivity contribution in [2.24, 2.45) is 9.98 Å². The van der Waals surface area contributed by atoms with Crippen molar-refractivity contribution in [3.8, 4) is 5.75 Å². The molecular formula is C27H25N5O5S. The molecule has 0 saturated heterocycles. The number of ether oxygens (including phenoxy) is 1. The van der Waals surface area contributed by atoms with E-state index >= 15 is 0 Å². The summed E-state index contributed by atoms with van der Waals surface area (Å²) in [6.07, 6.45) is 1.44. The van der Waals surface area contributed by atoms with Crippen LogP contribution in [-0.2, 0) is 27.5 Å². The Hall–Kier alpha value is -4.38. The Balaban J connectivity index is 1.24. The minimum Gasteiger partial charge on any atom is -0.497 e. The number of aliphatic imine (C=N–C) groups is 2. The molecule has 3 aromatic rings. The van der Waals surface area contributed by atoms with Gasteiger partial charge in [-0.1, -0.05) is 36.0 Å². The summed E-state index contributed by atoms with van der Waals surface area (Å²) in [5.74, 6) is 0.988. The molecular weight excluding hydrogens is 506 g/mol. The van der Waals surface area contributed by atoms with Gasteiger partial charge in [-0.15, -0.1) is 0 Å². The Labute approximate surface area is 223 Å². The van der Waals surface area contributed by atoms with Gasteiger partial charge in [-0.3, -0.25) is 19.4 Å². The molecule has 0 spiro atoms. The van der Waals surface area contributed by atoms with E-state index in [0.29, 0.717) is 34.6 Å². The van der Waals surface area contributed by atoms with Gasteiger partial charge in [0, 0.05) is 12.1 Å². The maximum absolute atomic E-state index is 13.4. The molecule has 194 valence electrons. The van der Waals surface area contributed by atoms with Gasteiger partial charge in [0.15, 0.2) is 5.17 Å². The second-order valence-electron chi connectivity index (χ2n) is 8.53. The number of amides is 3. The van der Waals surface area contributed by atoms with Gasteiger partial charge < -0.3 is 19.8 Å². The molecule has 0 fully saturated rings. The number of furan rings is 1. The lowest BCUT2D eigenvalue weighted by atomic mass is 10.1. The van der Waals surface area contributed by atoms with Gasteiger partial charge in [0.05, 0.1) is 37.8 Å². The second-order valence-corrected chi connectivity index (χ2v) is 9.47. The summed E-state index contributed by atoms with van der Waals surface area (Å²) in [6.45, 7) is 0.591. The molecule has 3 heterocycles. The highest BCUT2D eigenvalue weighted by Crippen LogP contribution is 2.34. The van der Waals surface area contributed by atoms with Crippen molar-refractivity contribution in [1.82, 2.24) is 15.5 Å². The number of amidine groups is 2. The van der Waals surface area contributed by atoms with Gasteiger partial charge >= 0.3 is 0 Å². The number of nitrogens with zero attached hydrogens (tertiary/aromatic N) is 3. The van der Waals surface area contributed by atoms with Crippen LogP contribution in [0.3, 0.4) is 0 Å². The van der Waals surface area contributed by atoms with E-state index in [1.807, 2.05) is 48.5 Å². The minimum absolute atomic E-state index is 0.0474. The van der Waals surface area contributed by atoms with Crippen LogP contribution in [-0.4, -0.2) is 52.5 Å². The number of rotatable bonds is 9. The highest BCUT2D eigenvalue weighted by molar-refractivity contribution is 8.14. The average Bonchev–Trinajstić information content (AvgIpc) is 3.58. The van der Waals surface area contributed by atoms with E-state index in [9.17, 15) is 14.4 Å². The van der Waals surface area contributed by atoms with Gasteiger partial charge in [-0.2, -0.15) is 0 Å². The van der Waals surface area contributed by atoms with Gasteiger partial charge in [-0.25, -0.2) is 9.89 Å². The zero-order valence-electron chi connectivity index (χ0n) is 20.5.